The Morgan fingerprint density at radius 1 is 1.08 bits per heavy atom. The molecule has 0 amide bonds. The topological polar surface area (TPSA) is 29.5 Å². The van der Waals surface area contributed by atoms with Crippen LogP contribution in [0.4, 0.5) is 0 Å². The monoisotopic (exact) mass is 461 g/mol. The highest BCUT2D eigenvalue weighted by Crippen LogP contribution is 2.42. The molecule has 4 heteroatoms. The smallest absolute Gasteiger partial charge is 0.119 e. The van der Waals surface area contributed by atoms with Gasteiger partial charge in [0.1, 0.15) is 5.75 Å². The van der Waals surface area contributed by atoms with Gasteiger partial charge in [0.25, 0.3) is 0 Å². The van der Waals surface area contributed by atoms with Crippen molar-refractivity contribution in [3.63, 3.8) is 0 Å². The molecule has 1 aromatic carbocycles. The molecule has 1 atom stereocenters. The van der Waals surface area contributed by atoms with Crippen LogP contribution in [0.3, 0.4) is 0 Å². The average molecular weight is 461 g/mol. The summed E-state index contributed by atoms with van der Waals surface area (Å²) in [6.45, 7) is 3.83. The maximum absolute atomic E-state index is 11.7. The van der Waals surface area contributed by atoms with E-state index in [1.165, 1.54) is 19.3 Å². The molecule has 1 saturated carbocycles. The van der Waals surface area contributed by atoms with Gasteiger partial charge >= 0.3 is 0 Å². The molecule has 1 aromatic rings. The number of halogens is 1. The van der Waals surface area contributed by atoms with Crippen LogP contribution in [0.2, 0.25) is 0 Å². The predicted molar refractivity (Wildman–Crippen MR) is 100 cm³/mol. The van der Waals surface area contributed by atoms with E-state index >= 15 is 0 Å². The van der Waals surface area contributed by atoms with Crippen molar-refractivity contribution in [3.8, 4) is 5.75 Å². The lowest BCUT2D eigenvalue weighted by Gasteiger charge is -2.40. The Balaban J connectivity index is 0.00000312. The van der Waals surface area contributed by atoms with Gasteiger partial charge in [0.05, 0.1) is 39.9 Å². The van der Waals surface area contributed by atoms with E-state index in [1.54, 1.807) is 0 Å². The minimum absolute atomic E-state index is 0. The molecule has 144 valence electrons. The first-order valence-electron chi connectivity index (χ1n) is 9.61. The van der Waals surface area contributed by atoms with E-state index in [-0.39, 0.29) is 24.0 Å². The highest BCUT2D eigenvalue weighted by Gasteiger charge is 2.39. The van der Waals surface area contributed by atoms with Gasteiger partial charge < -0.3 is 38.3 Å². The third-order valence-corrected chi connectivity index (χ3v) is 5.27. The van der Waals surface area contributed by atoms with Crippen LogP contribution in [0.25, 0.3) is 0 Å². The summed E-state index contributed by atoms with van der Waals surface area (Å²) in [5.41, 5.74) is 0.349. The number of hydrogen-bond donors (Lipinski definition) is 1. The second-order valence-corrected chi connectivity index (χ2v) is 8.40. The molecule has 0 saturated heterocycles. The fraction of sp³-hybridized carbons (Fsp3) is 0.714. The van der Waals surface area contributed by atoms with Gasteiger partial charge in [0, 0.05) is 6.42 Å². The van der Waals surface area contributed by atoms with Gasteiger partial charge in [0.15, 0.2) is 0 Å². The molecule has 0 spiro atoms. The summed E-state index contributed by atoms with van der Waals surface area (Å²) in [4.78, 5) is 0. The molecular weight excluding hydrogens is 425 g/mol. The van der Waals surface area contributed by atoms with Crippen molar-refractivity contribution in [1.29, 1.82) is 0 Å². The van der Waals surface area contributed by atoms with Crippen molar-refractivity contribution < 1.29 is 38.3 Å². The fourth-order valence-corrected chi connectivity index (χ4v) is 3.73. The van der Waals surface area contributed by atoms with Crippen molar-refractivity contribution in [3.05, 3.63) is 29.8 Å². The van der Waals surface area contributed by atoms with Crippen LogP contribution in [0, 0.1) is 5.92 Å². The number of quaternary nitrogens is 1. The maximum Gasteiger partial charge on any atom is 0.119 e. The molecule has 0 heterocycles. The molecule has 0 aliphatic heterocycles. The number of ether oxygens (including phenoxy) is 1. The summed E-state index contributed by atoms with van der Waals surface area (Å²) in [5.74, 6) is 1.28. The normalized spacial score (nSPS) is 18.3. The average Bonchev–Trinajstić information content (AvgIpc) is 2.58. The molecular formula is C21H36INO2. The molecule has 1 fully saturated rings. The van der Waals surface area contributed by atoms with E-state index < -0.39 is 5.60 Å². The van der Waals surface area contributed by atoms with E-state index in [1.807, 2.05) is 12.1 Å². The van der Waals surface area contributed by atoms with Crippen molar-refractivity contribution in [2.24, 2.45) is 5.92 Å². The summed E-state index contributed by atoms with van der Waals surface area (Å²) in [7, 11) is 6.59. The van der Waals surface area contributed by atoms with Gasteiger partial charge in [-0.3, -0.25) is 0 Å². The van der Waals surface area contributed by atoms with Crippen LogP contribution >= 0.6 is 0 Å². The molecule has 1 aliphatic rings. The van der Waals surface area contributed by atoms with Crippen LogP contribution < -0.4 is 28.7 Å². The number of hydrogen-bond acceptors (Lipinski definition) is 2. The summed E-state index contributed by atoms with van der Waals surface area (Å²) in [5, 5.41) is 11.7. The molecule has 25 heavy (non-hydrogen) atoms. The molecule has 3 nitrogen and oxygen atoms in total. The van der Waals surface area contributed by atoms with Crippen molar-refractivity contribution in [1.82, 2.24) is 0 Å². The van der Waals surface area contributed by atoms with Crippen LogP contribution in [-0.4, -0.2) is 43.9 Å². The highest BCUT2D eigenvalue weighted by atomic mass is 127. The molecule has 2 rings (SSSR count). The first kappa shape index (κ1) is 22.7. The zero-order chi connectivity index (χ0) is 17.6. The standard InChI is InChI=1S/C21H36NO2.HI/c1-5-17-24-20-13-11-19(12-14-20)21(23,15-16-22(2,3)4)18-9-7-6-8-10-18;/h11-14,18,23H,5-10,15-17H2,1-4H3;1H/q+1;/p-1. The van der Waals surface area contributed by atoms with Gasteiger partial charge in [0.2, 0.25) is 0 Å². The summed E-state index contributed by atoms with van der Waals surface area (Å²) in [6.07, 6.45) is 7.91. The van der Waals surface area contributed by atoms with E-state index in [9.17, 15) is 5.11 Å². The van der Waals surface area contributed by atoms with E-state index in [0.717, 1.165) is 54.6 Å². The molecule has 0 bridgehead atoms. The van der Waals surface area contributed by atoms with Crippen LogP contribution in [0.1, 0.15) is 57.4 Å². The van der Waals surface area contributed by atoms with Gasteiger partial charge in [-0.1, -0.05) is 38.3 Å². The maximum atomic E-state index is 11.7. The van der Waals surface area contributed by atoms with E-state index in [0.29, 0.717) is 5.92 Å². The number of aliphatic hydroxyl groups is 1. The Bertz CT molecular complexity index is 492. The second-order valence-electron chi connectivity index (χ2n) is 8.40. The molecule has 1 N–H and O–H groups in total. The Kier molecular flexibility index (Phi) is 9.19. The quantitative estimate of drug-likeness (QED) is 0.468. The molecule has 1 aliphatic carbocycles. The predicted octanol–water partition coefficient (Wildman–Crippen LogP) is 1.34. The lowest BCUT2D eigenvalue weighted by molar-refractivity contribution is -0.871. The van der Waals surface area contributed by atoms with Gasteiger partial charge in [-0.25, -0.2) is 0 Å². The Hall–Kier alpha value is -0.330. The van der Waals surface area contributed by atoms with E-state index in [2.05, 4.69) is 40.2 Å². The molecule has 0 radical (unpaired) electrons. The molecule has 0 aromatic heterocycles. The summed E-state index contributed by atoms with van der Waals surface area (Å²) in [6, 6.07) is 8.19. The van der Waals surface area contributed by atoms with Crippen molar-refractivity contribution in [2.75, 3.05) is 34.3 Å². The minimum Gasteiger partial charge on any atom is -1.00 e. The summed E-state index contributed by atoms with van der Waals surface area (Å²) < 4.78 is 6.58. The van der Waals surface area contributed by atoms with Crippen LogP contribution in [0.15, 0.2) is 24.3 Å². The number of rotatable bonds is 8. The third-order valence-electron chi connectivity index (χ3n) is 5.27. The van der Waals surface area contributed by atoms with Gasteiger partial charge in [-0.15, -0.1) is 0 Å². The SMILES string of the molecule is CCCOc1ccc(C(O)(CC[N+](C)(C)C)C2CCCCC2)cc1.[I-]. The minimum atomic E-state index is -0.713. The zero-order valence-corrected chi connectivity index (χ0v) is 18.6. The highest BCUT2D eigenvalue weighted by molar-refractivity contribution is 5.31. The Morgan fingerprint density at radius 3 is 2.20 bits per heavy atom. The lowest BCUT2D eigenvalue weighted by Crippen LogP contribution is -3.00. The van der Waals surface area contributed by atoms with Gasteiger partial charge in [-0.05, 0) is 42.9 Å². The lowest BCUT2D eigenvalue weighted by atomic mass is 9.71. The van der Waals surface area contributed by atoms with Crippen molar-refractivity contribution in [2.45, 2.75) is 57.5 Å². The van der Waals surface area contributed by atoms with E-state index in [4.69, 9.17) is 4.74 Å². The third kappa shape index (κ3) is 6.72. The molecule has 1 unspecified atom stereocenters. The van der Waals surface area contributed by atoms with Crippen LogP contribution in [-0.2, 0) is 5.60 Å². The second kappa shape index (κ2) is 10.1. The Labute approximate surface area is 171 Å². The van der Waals surface area contributed by atoms with Gasteiger partial charge in [-0.2, -0.15) is 0 Å². The summed E-state index contributed by atoms with van der Waals surface area (Å²) >= 11 is 0. The Morgan fingerprint density at radius 2 is 1.68 bits per heavy atom. The van der Waals surface area contributed by atoms with Crippen molar-refractivity contribution >= 4 is 0 Å². The largest absolute Gasteiger partial charge is 1.00 e. The van der Waals surface area contributed by atoms with Crippen LogP contribution in [0.5, 0.6) is 5.75 Å². The zero-order valence-electron chi connectivity index (χ0n) is 16.4. The first-order valence-corrected chi connectivity index (χ1v) is 9.61. The number of benzene rings is 1. The number of nitrogens with zero attached hydrogens (tertiary/aromatic N) is 1. The first-order chi connectivity index (χ1) is 11.3. The fourth-order valence-electron chi connectivity index (χ4n) is 3.73.